The van der Waals surface area contributed by atoms with Gasteiger partial charge in [-0.25, -0.2) is 4.98 Å². The van der Waals surface area contributed by atoms with Gasteiger partial charge in [-0.1, -0.05) is 15.9 Å². The molecule has 0 aliphatic carbocycles. The number of rotatable bonds is 3. The minimum atomic E-state index is -0.0126. The van der Waals surface area contributed by atoms with E-state index < -0.39 is 0 Å². The van der Waals surface area contributed by atoms with Crippen LogP contribution in [0.4, 0.5) is 0 Å². The summed E-state index contributed by atoms with van der Waals surface area (Å²) >= 11 is 5.07. The van der Waals surface area contributed by atoms with Crippen molar-refractivity contribution in [2.45, 2.75) is 23.7 Å². The summed E-state index contributed by atoms with van der Waals surface area (Å²) in [7, 11) is 0. The van der Waals surface area contributed by atoms with Crippen molar-refractivity contribution in [3.05, 3.63) is 56.2 Å². The number of fused-ring (bicyclic) bond motifs is 1. The molecule has 4 nitrogen and oxygen atoms in total. The number of halogens is 1. The summed E-state index contributed by atoms with van der Waals surface area (Å²) in [4.78, 5) is 20.3. The highest BCUT2D eigenvalue weighted by molar-refractivity contribution is 9.10. The molecule has 0 amide bonds. The van der Waals surface area contributed by atoms with Crippen LogP contribution in [0.5, 0.6) is 0 Å². The van der Waals surface area contributed by atoms with Crippen LogP contribution in [0.15, 0.2) is 38.4 Å². The SMILES string of the molecule is O=c1[nH]c(CSc2ccc(Br)cc2)nc2c1CNC2. The van der Waals surface area contributed by atoms with E-state index >= 15 is 0 Å². The molecule has 2 heterocycles. The van der Waals surface area contributed by atoms with Crippen molar-refractivity contribution in [1.29, 1.82) is 0 Å². The summed E-state index contributed by atoms with van der Waals surface area (Å²) < 4.78 is 1.06. The standard InChI is InChI=1S/C13H12BrN3OS/c14-8-1-3-9(4-2-8)19-7-12-16-11-6-15-5-10(11)13(18)17-12/h1-4,15H,5-7H2,(H,16,17,18). The lowest BCUT2D eigenvalue weighted by Gasteiger charge is -2.04. The second kappa shape index (κ2) is 5.48. The van der Waals surface area contributed by atoms with Crippen LogP contribution in [0.2, 0.25) is 0 Å². The smallest absolute Gasteiger partial charge is 0.255 e. The Hall–Kier alpha value is -1.11. The molecule has 0 saturated heterocycles. The third kappa shape index (κ3) is 2.91. The molecule has 98 valence electrons. The van der Waals surface area contributed by atoms with Gasteiger partial charge in [0.2, 0.25) is 0 Å². The van der Waals surface area contributed by atoms with Crippen molar-refractivity contribution in [2.24, 2.45) is 0 Å². The van der Waals surface area contributed by atoms with Gasteiger partial charge < -0.3 is 10.3 Å². The number of hydrogen-bond donors (Lipinski definition) is 2. The molecule has 0 spiro atoms. The third-order valence-corrected chi connectivity index (χ3v) is 4.49. The highest BCUT2D eigenvalue weighted by atomic mass is 79.9. The fourth-order valence-electron chi connectivity index (χ4n) is 1.98. The fourth-order valence-corrected chi connectivity index (χ4v) is 3.01. The van der Waals surface area contributed by atoms with Crippen LogP contribution in [0.3, 0.4) is 0 Å². The zero-order valence-corrected chi connectivity index (χ0v) is 12.5. The summed E-state index contributed by atoms with van der Waals surface area (Å²) in [5, 5.41) is 3.14. The summed E-state index contributed by atoms with van der Waals surface area (Å²) in [6.45, 7) is 1.31. The van der Waals surface area contributed by atoms with E-state index in [0.717, 1.165) is 26.4 Å². The summed E-state index contributed by atoms with van der Waals surface area (Å²) in [5.74, 6) is 1.41. The fraction of sp³-hybridized carbons (Fsp3) is 0.231. The van der Waals surface area contributed by atoms with Crippen LogP contribution >= 0.6 is 27.7 Å². The van der Waals surface area contributed by atoms with Crippen LogP contribution < -0.4 is 10.9 Å². The molecule has 2 N–H and O–H groups in total. The van der Waals surface area contributed by atoms with Crippen molar-refractivity contribution in [3.8, 4) is 0 Å². The molecule has 0 bridgehead atoms. The van der Waals surface area contributed by atoms with E-state index in [1.165, 1.54) is 0 Å². The molecule has 0 atom stereocenters. The zero-order valence-electron chi connectivity index (χ0n) is 10.1. The summed E-state index contributed by atoms with van der Waals surface area (Å²) in [5.41, 5.74) is 1.65. The Balaban J connectivity index is 1.75. The highest BCUT2D eigenvalue weighted by Crippen LogP contribution is 2.23. The first kappa shape index (κ1) is 12.9. The molecule has 1 aliphatic rings. The van der Waals surface area contributed by atoms with Gasteiger partial charge in [0.25, 0.3) is 5.56 Å². The molecule has 0 fully saturated rings. The third-order valence-electron chi connectivity index (χ3n) is 2.93. The molecule has 0 saturated carbocycles. The molecule has 1 aliphatic heterocycles. The van der Waals surface area contributed by atoms with E-state index in [-0.39, 0.29) is 5.56 Å². The average Bonchev–Trinajstić information content (AvgIpc) is 2.87. The number of nitrogens with zero attached hydrogens (tertiary/aromatic N) is 1. The van der Waals surface area contributed by atoms with Crippen molar-refractivity contribution in [2.75, 3.05) is 0 Å². The first-order chi connectivity index (χ1) is 9.22. The molecule has 1 aromatic carbocycles. The monoisotopic (exact) mass is 337 g/mol. The lowest BCUT2D eigenvalue weighted by molar-refractivity contribution is 0.756. The second-order valence-electron chi connectivity index (χ2n) is 4.28. The average molecular weight is 338 g/mol. The maximum Gasteiger partial charge on any atom is 0.255 e. The Kier molecular flexibility index (Phi) is 3.72. The molecule has 2 aromatic rings. The topological polar surface area (TPSA) is 57.8 Å². The number of H-pyrrole nitrogens is 1. The first-order valence-electron chi connectivity index (χ1n) is 5.92. The second-order valence-corrected chi connectivity index (χ2v) is 6.25. The van der Waals surface area contributed by atoms with Gasteiger partial charge in [0.15, 0.2) is 0 Å². The molecule has 19 heavy (non-hydrogen) atoms. The van der Waals surface area contributed by atoms with Crippen molar-refractivity contribution >= 4 is 27.7 Å². The van der Waals surface area contributed by atoms with Gasteiger partial charge in [-0.05, 0) is 24.3 Å². The number of benzene rings is 1. The minimum Gasteiger partial charge on any atom is -0.310 e. The van der Waals surface area contributed by atoms with Crippen LogP contribution in [0.1, 0.15) is 17.1 Å². The lowest BCUT2D eigenvalue weighted by atomic mass is 10.3. The molecule has 3 rings (SSSR count). The molecule has 0 unspecified atom stereocenters. The van der Waals surface area contributed by atoms with Crippen LogP contribution in [0.25, 0.3) is 0 Å². The van der Waals surface area contributed by atoms with E-state index in [0.29, 0.717) is 18.8 Å². The van der Waals surface area contributed by atoms with Gasteiger partial charge in [0.05, 0.1) is 17.0 Å². The van der Waals surface area contributed by atoms with Crippen molar-refractivity contribution in [1.82, 2.24) is 15.3 Å². The van der Waals surface area contributed by atoms with Crippen LogP contribution in [-0.4, -0.2) is 9.97 Å². The van der Waals surface area contributed by atoms with Crippen LogP contribution in [-0.2, 0) is 18.8 Å². The van der Waals surface area contributed by atoms with E-state index in [4.69, 9.17) is 0 Å². The van der Waals surface area contributed by atoms with Gasteiger partial charge in [0, 0.05) is 22.5 Å². The first-order valence-corrected chi connectivity index (χ1v) is 7.70. The molecule has 1 aromatic heterocycles. The van der Waals surface area contributed by atoms with Crippen molar-refractivity contribution < 1.29 is 0 Å². The Morgan fingerprint density at radius 3 is 2.84 bits per heavy atom. The highest BCUT2D eigenvalue weighted by Gasteiger charge is 2.16. The number of aromatic amines is 1. The maximum atomic E-state index is 11.8. The molecule has 0 radical (unpaired) electrons. The van der Waals surface area contributed by atoms with Gasteiger partial charge >= 0.3 is 0 Å². The van der Waals surface area contributed by atoms with Gasteiger partial charge in [-0.3, -0.25) is 4.79 Å². The van der Waals surface area contributed by atoms with E-state index in [2.05, 4.69) is 31.2 Å². The van der Waals surface area contributed by atoms with Crippen molar-refractivity contribution in [3.63, 3.8) is 0 Å². The number of aromatic nitrogens is 2. The maximum absolute atomic E-state index is 11.8. The Bertz CT molecular complexity index is 654. The van der Waals surface area contributed by atoms with E-state index in [1.807, 2.05) is 24.3 Å². The predicted octanol–water partition coefficient (Wildman–Crippen LogP) is 2.43. The minimum absolute atomic E-state index is 0.0126. The Morgan fingerprint density at radius 1 is 1.26 bits per heavy atom. The largest absolute Gasteiger partial charge is 0.310 e. The quantitative estimate of drug-likeness (QED) is 0.844. The number of nitrogens with one attached hydrogen (secondary N) is 2. The van der Waals surface area contributed by atoms with Gasteiger partial charge in [0.1, 0.15) is 5.82 Å². The molecule has 6 heteroatoms. The number of thioether (sulfide) groups is 1. The van der Waals surface area contributed by atoms with Gasteiger partial charge in [-0.2, -0.15) is 0 Å². The van der Waals surface area contributed by atoms with Crippen LogP contribution in [0, 0.1) is 0 Å². The Labute approximate surface area is 123 Å². The predicted molar refractivity (Wildman–Crippen MR) is 79.1 cm³/mol. The zero-order chi connectivity index (χ0) is 13.2. The van der Waals surface area contributed by atoms with Gasteiger partial charge in [-0.15, -0.1) is 11.8 Å². The molecular weight excluding hydrogens is 326 g/mol. The summed E-state index contributed by atoms with van der Waals surface area (Å²) in [6.07, 6.45) is 0. The summed E-state index contributed by atoms with van der Waals surface area (Å²) in [6, 6.07) is 8.10. The normalized spacial score (nSPS) is 13.5. The number of hydrogen-bond acceptors (Lipinski definition) is 4. The molecular formula is C13H12BrN3OS. The Morgan fingerprint density at radius 2 is 2.05 bits per heavy atom. The van der Waals surface area contributed by atoms with E-state index in [1.54, 1.807) is 11.8 Å². The van der Waals surface area contributed by atoms with E-state index in [9.17, 15) is 4.79 Å². The lowest BCUT2D eigenvalue weighted by Crippen LogP contribution is -2.17.